The maximum Gasteiger partial charge on any atom is 0.151 e. The van der Waals surface area contributed by atoms with Crippen LogP contribution in [0.25, 0.3) is 0 Å². The fourth-order valence-corrected chi connectivity index (χ4v) is 2.99. The maximum atomic E-state index is 11.3. The summed E-state index contributed by atoms with van der Waals surface area (Å²) in [6, 6.07) is 0. The molecule has 3 nitrogen and oxygen atoms in total. The van der Waals surface area contributed by atoms with Gasteiger partial charge >= 0.3 is 0 Å². The lowest BCUT2D eigenvalue weighted by molar-refractivity contribution is 0.377. The standard InChI is InChI=1S/C8H18BrNO2S/c1-3-7-13(11,12)8-6-10(2)5-4-9/h3-8H2,1-2H3. The Bertz CT molecular complexity index is 216. The van der Waals surface area contributed by atoms with Crippen molar-refractivity contribution in [2.45, 2.75) is 13.3 Å². The van der Waals surface area contributed by atoms with Crippen LogP contribution >= 0.6 is 15.9 Å². The molecule has 0 aromatic carbocycles. The van der Waals surface area contributed by atoms with E-state index in [1.165, 1.54) is 0 Å². The van der Waals surface area contributed by atoms with Crippen LogP contribution in [0.5, 0.6) is 0 Å². The van der Waals surface area contributed by atoms with Gasteiger partial charge in [0.2, 0.25) is 0 Å². The third kappa shape index (κ3) is 7.46. The number of alkyl halides is 1. The third-order valence-corrected chi connectivity index (χ3v) is 3.95. The molecule has 0 aromatic heterocycles. The van der Waals surface area contributed by atoms with Gasteiger partial charge in [-0.05, 0) is 13.5 Å². The molecular weight excluding hydrogens is 254 g/mol. The highest BCUT2D eigenvalue weighted by Gasteiger charge is 2.09. The molecule has 0 aliphatic heterocycles. The predicted molar refractivity (Wildman–Crippen MR) is 60.2 cm³/mol. The molecule has 0 bridgehead atoms. The van der Waals surface area contributed by atoms with Crippen LogP contribution in [0.3, 0.4) is 0 Å². The van der Waals surface area contributed by atoms with Crippen molar-refractivity contribution in [2.75, 3.05) is 37.0 Å². The topological polar surface area (TPSA) is 37.4 Å². The Hall–Kier alpha value is 0.390. The zero-order valence-electron chi connectivity index (χ0n) is 8.29. The molecule has 0 unspecified atom stereocenters. The molecule has 0 heterocycles. The van der Waals surface area contributed by atoms with Crippen LogP contribution in [0.15, 0.2) is 0 Å². The summed E-state index contributed by atoms with van der Waals surface area (Å²) >= 11 is 3.31. The van der Waals surface area contributed by atoms with Crippen LogP contribution in [0.1, 0.15) is 13.3 Å². The monoisotopic (exact) mass is 271 g/mol. The van der Waals surface area contributed by atoms with Gasteiger partial charge in [0, 0.05) is 24.2 Å². The first-order valence-electron chi connectivity index (χ1n) is 4.46. The third-order valence-electron chi connectivity index (χ3n) is 1.77. The van der Waals surface area contributed by atoms with Gasteiger partial charge < -0.3 is 4.90 Å². The van der Waals surface area contributed by atoms with Crippen molar-refractivity contribution in [3.8, 4) is 0 Å². The van der Waals surface area contributed by atoms with Crippen LogP contribution in [0.2, 0.25) is 0 Å². The van der Waals surface area contributed by atoms with E-state index in [1.54, 1.807) is 0 Å². The molecule has 5 heteroatoms. The minimum Gasteiger partial charge on any atom is -0.305 e. The van der Waals surface area contributed by atoms with Crippen molar-refractivity contribution < 1.29 is 8.42 Å². The molecule has 0 aliphatic rings. The summed E-state index contributed by atoms with van der Waals surface area (Å²) in [6.45, 7) is 3.41. The lowest BCUT2D eigenvalue weighted by Crippen LogP contribution is -2.28. The normalized spacial score (nSPS) is 12.3. The molecule has 0 aliphatic carbocycles. The Morgan fingerprint density at radius 3 is 2.31 bits per heavy atom. The van der Waals surface area contributed by atoms with Crippen molar-refractivity contribution in [1.82, 2.24) is 4.90 Å². The van der Waals surface area contributed by atoms with Gasteiger partial charge in [-0.15, -0.1) is 0 Å². The van der Waals surface area contributed by atoms with E-state index in [9.17, 15) is 8.42 Å². The number of rotatable bonds is 7. The van der Waals surface area contributed by atoms with Gasteiger partial charge in [0.1, 0.15) is 0 Å². The molecule has 0 N–H and O–H groups in total. The quantitative estimate of drug-likeness (QED) is 0.652. The molecule has 0 rings (SSSR count). The van der Waals surface area contributed by atoms with Crippen LogP contribution in [0, 0.1) is 0 Å². The number of hydrogen-bond donors (Lipinski definition) is 0. The first-order valence-corrected chi connectivity index (χ1v) is 7.41. The van der Waals surface area contributed by atoms with E-state index >= 15 is 0 Å². The fourth-order valence-electron chi connectivity index (χ4n) is 0.964. The van der Waals surface area contributed by atoms with Crippen LogP contribution < -0.4 is 0 Å². The highest BCUT2D eigenvalue weighted by molar-refractivity contribution is 9.09. The SMILES string of the molecule is CCCS(=O)(=O)CCN(C)CCBr. The zero-order valence-corrected chi connectivity index (χ0v) is 10.7. The highest BCUT2D eigenvalue weighted by Crippen LogP contribution is 1.95. The van der Waals surface area contributed by atoms with E-state index in [0.29, 0.717) is 18.7 Å². The molecular formula is C8H18BrNO2S. The first-order chi connectivity index (χ1) is 6.02. The van der Waals surface area contributed by atoms with Gasteiger partial charge in [-0.3, -0.25) is 0 Å². The smallest absolute Gasteiger partial charge is 0.151 e. The number of hydrogen-bond acceptors (Lipinski definition) is 3. The van der Waals surface area contributed by atoms with Crippen molar-refractivity contribution in [3.63, 3.8) is 0 Å². The molecule has 0 amide bonds. The Balaban J connectivity index is 3.74. The van der Waals surface area contributed by atoms with Gasteiger partial charge in [-0.25, -0.2) is 8.42 Å². The number of sulfone groups is 1. The van der Waals surface area contributed by atoms with E-state index in [0.717, 1.165) is 11.9 Å². The summed E-state index contributed by atoms with van der Waals surface area (Å²) in [5.74, 6) is 0.597. The average molecular weight is 272 g/mol. The van der Waals surface area contributed by atoms with Crippen LogP contribution in [-0.4, -0.2) is 50.3 Å². The minimum atomic E-state index is -2.80. The second-order valence-corrected chi connectivity index (χ2v) is 6.24. The summed E-state index contributed by atoms with van der Waals surface area (Å²) in [5, 5.41) is 0.886. The Labute approximate surface area is 89.5 Å². The summed E-state index contributed by atoms with van der Waals surface area (Å²) in [7, 11) is -0.869. The van der Waals surface area contributed by atoms with Gasteiger partial charge in [-0.1, -0.05) is 22.9 Å². The van der Waals surface area contributed by atoms with E-state index in [2.05, 4.69) is 15.9 Å². The van der Waals surface area contributed by atoms with Gasteiger partial charge in [0.15, 0.2) is 9.84 Å². The Kier molecular flexibility index (Phi) is 6.99. The molecule has 0 fully saturated rings. The van der Waals surface area contributed by atoms with Crippen molar-refractivity contribution in [2.24, 2.45) is 0 Å². The second kappa shape index (κ2) is 6.79. The maximum absolute atomic E-state index is 11.3. The number of halogens is 1. The fraction of sp³-hybridized carbons (Fsp3) is 1.00. The molecule has 0 saturated heterocycles. The molecule has 13 heavy (non-hydrogen) atoms. The zero-order chi connectivity index (χ0) is 10.3. The first kappa shape index (κ1) is 13.4. The van der Waals surface area contributed by atoms with Crippen molar-refractivity contribution in [3.05, 3.63) is 0 Å². The molecule has 80 valence electrons. The van der Waals surface area contributed by atoms with E-state index in [1.807, 2.05) is 18.9 Å². The largest absolute Gasteiger partial charge is 0.305 e. The molecule has 0 atom stereocenters. The van der Waals surface area contributed by atoms with Gasteiger partial charge in [0.25, 0.3) is 0 Å². The van der Waals surface area contributed by atoms with E-state index in [-0.39, 0.29) is 5.75 Å². The Morgan fingerprint density at radius 1 is 1.23 bits per heavy atom. The summed E-state index contributed by atoms with van der Waals surface area (Å²) in [4.78, 5) is 2.02. The molecule has 0 spiro atoms. The van der Waals surface area contributed by atoms with Crippen molar-refractivity contribution >= 4 is 25.8 Å². The van der Waals surface area contributed by atoms with Crippen LogP contribution in [0.4, 0.5) is 0 Å². The van der Waals surface area contributed by atoms with Crippen LogP contribution in [-0.2, 0) is 9.84 Å². The lowest BCUT2D eigenvalue weighted by atomic mass is 10.6. The highest BCUT2D eigenvalue weighted by atomic mass is 79.9. The van der Waals surface area contributed by atoms with Gasteiger partial charge in [-0.2, -0.15) is 0 Å². The van der Waals surface area contributed by atoms with E-state index < -0.39 is 9.84 Å². The summed E-state index contributed by atoms with van der Waals surface area (Å²) in [5.41, 5.74) is 0. The van der Waals surface area contributed by atoms with Crippen molar-refractivity contribution in [1.29, 1.82) is 0 Å². The average Bonchev–Trinajstić information content (AvgIpc) is 2.02. The minimum absolute atomic E-state index is 0.282. The summed E-state index contributed by atoms with van der Waals surface area (Å²) < 4.78 is 22.6. The lowest BCUT2D eigenvalue weighted by Gasteiger charge is -2.14. The number of nitrogens with zero attached hydrogens (tertiary/aromatic N) is 1. The molecule has 0 saturated carbocycles. The molecule has 0 aromatic rings. The predicted octanol–water partition coefficient (Wildman–Crippen LogP) is 1.14. The van der Waals surface area contributed by atoms with E-state index in [4.69, 9.17) is 0 Å². The molecule has 0 radical (unpaired) electrons. The van der Waals surface area contributed by atoms with Gasteiger partial charge in [0.05, 0.1) is 5.75 Å². The Morgan fingerprint density at radius 2 is 1.85 bits per heavy atom. The summed E-state index contributed by atoms with van der Waals surface area (Å²) in [6.07, 6.45) is 0.713. The second-order valence-electron chi connectivity index (χ2n) is 3.14.